The smallest absolute Gasteiger partial charge is 0.306 e. The van der Waals surface area contributed by atoms with Crippen molar-refractivity contribution in [3.8, 4) is 0 Å². The van der Waals surface area contributed by atoms with Gasteiger partial charge in [0.05, 0.1) is 18.5 Å². The number of rotatable bonds is 6. The van der Waals surface area contributed by atoms with Gasteiger partial charge in [-0.25, -0.2) is 0 Å². The zero-order valence-corrected chi connectivity index (χ0v) is 8.89. The Kier molecular flexibility index (Phi) is 6.44. The van der Waals surface area contributed by atoms with Crippen LogP contribution >= 0.6 is 12.2 Å². The molecule has 2 N–H and O–H groups in total. The Balaban J connectivity index is 3.45. The molecule has 0 bridgehead atoms. The number of carbonyl (C=O) groups is 1. The van der Waals surface area contributed by atoms with Gasteiger partial charge in [0.2, 0.25) is 0 Å². The Morgan fingerprint density at radius 1 is 1.46 bits per heavy atom. The summed E-state index contributed by atoms with van der Waals surface area (Å²) in [5.41, 5.74) is 5.34. The quantitative estimate of drug-likeness (QED) is 0.493. The zero-order valence-electron chi connectivity index (χ0n) is 8.08. The van der Waals surface area contributed by atoms with Gasteiger partial charge in [-0.1, -0.05) is 12.2 Å². The minimum Gasteiger partial charge on any atom is -0.469 e. The molecule has 4 nitrogen and oxygen atoms in total. The van der Waals surface area contributed by atoms with Crippen LogP contribution in [0.25, 0.3) is 0 Å². The molecule has 0 aromatic rings. The van der Waals surface area contributed by atoms with Crippen molar-refractivity contribution in [3.05, 3.63) is 0 Å². The Morgan fingerprint density at radius 3 is 2.46 bits per heavy atom. The molecule has 0 aliphatic heterocycles. The molecule has 0 atom stereocenters. The third-order valence-electron chi connectivity index (χ3n) is 1.67. The molecule has 0 spiro atoms. The predicted octanol–water partition coefficient (Wildman–Crippen LogP) is 0.157. The highest BCUT2D eigenvalue weighted by Crippen LogP contribution is 1.92. The van der Waals surface area contributed by atoms with Gasteiger partial charge in [0.25, 0.3) is 0 Å². The van der Waals surface area contributed by atoms with Crippen LogP contribution in [0.5, 0.6) is 0 Å². The van der Waals surface area contributed by atoms with Gasteiger partial charge < -0.3 is 15.4 Å². The molecule has 76 valence electrons. The first-order valence-electron chi connectivity index (χ1n) is 4.10. The molecule has 0 unspecified atom stereocenters. The van der Waals surface area contributed by atoms with E-state index in [0.717, 1.165) is 6.54 Å². The maximum atomic E-state index is 10.8. The van der Waals surface area contributed by atoms with Crippen LogP contribution in [-0.4, -0.2) is 43.1 Å². The van der Waals surface area contributed by atoms with Crippen molar-refractivity contribution in [2.24, 2.45) is 5.73 Å². The third-order valence-corrected chi connectivity index (χ3v) is 1.87. The van der Waals surface area contributed by atoms with E-state index in [4.69, 9.17) is 18.0 Å². The second-order valence-corrected chi connectivity index (χ2v) is 3.37. The molecule has 5 heteroatoms. The number of carbonyl (C=O) groups excluding carboxylic acids is 1. The molecule has 0 aliphatic rings. The lowest BCUT2D eigenvalue weighted by molar-refractivity contribution is -0.140. The summed E-state index contributed by atoms with van der Waals surface area (Å²) in [7, 11) is 3.30. The van der Waals surface area contributed by atoms with Gasteiger partial charge >= 0.3 is 5.97 Å². The van der Waals surface area contributed by atoms with Crippen LogP contribution in [0.3, 0.4) is 0 Å². The van der Waals surface area contributed by atoms with Crippen molar-refractivity contribution in [1.82, 2.24) is 4.90 Å². The van der Waals surface area contributed by atoms with Gasteiger partial charge in [-0.05, 0) is 7.05 Å². The number of methoxy groups -OCH3 is 1. The highest BCUT2D eigenvalue weighted by Gasteiger charge is 2.03. The fourth-order valence-corrected chi connectivity index (χ4v) is 0.888. The largest absolute Gasteiger partial charge is 0.469 e. The SMILES string of the molecule is COC(=O)CCN(C)CCC(N)=S. The lowest BCUT2D eigenvalue weighted by Gasteiger charge is -2.14. The standard InChI is InChI=1S/C8H16N2O2S/c1-10(5-3-7(9)13)6-4-8(11)12-2/h3-6H2,1-2H3,(H2,9,13). The van der Waals surface area contributed by atoms with E-state index in [1.54, 1.807) is 0 Å². The molecular formula is C8H16N2O2S. The van der Waals surface area contributed by atoms with E-state index < -0.39 is 0 Å². The van der Waals surface area contributed by atoms with E-state index in [-0.39, 0.29) is 5.97 Å². The molecule has 0 aliphatic carbocycles. The van der Waals surface area contributed by atoms with Crippen LogP contribution in [0.2, 0.25) is 0 Å². The molecule has 0 saturated carbocycles. The molecule has 13 heavy (non-hydrogen) atoms. The molecule has 0 fully saturated rings. The van der Waals surface area contributed by atoms with Crippen molar-refractivity contribution >= 4 is 23.2 Å². The third kappa shape index (κ3) is 7.67. The van der Waals surface area contributed by atoms with Gasteiger partial charge in [-0.2, -0.15) is 0 Å². The van der Waals surface area contributed by atoms with Gasteiger partial charge in [0.1, 0.15) is 0 Å². The second-order valence-electron chi connectivity index (χ2n) is 2.85. The van der Waals surface area contributed by atoms with Crippen molar-refractivity contribution < 1.29 is 9.53 Å². The average molecular weight is 204 g/mol. The van der Waals surface area contributed by atoms with Gasteiger partial charge in [0, 0.05) is 19.5 Å². The molecule has 0 amide bonds. The maximum absolute atomic E-state index is 10.8. The number of thiocarbonyl (C=S) groups is 1. The number of ether oxygens (including phenoxy) is 1. The van der Waals surface area contributed by atoms with Crippen LogP contribution in [0, 0.1) is 0 Å². The second kappa shape index (κ2) is 6.80. The molecule has 0 aromatic carbocycles. The predicted molar refractivity (Wildman–Crippen MR) is 55.5 cm³/mol. The van der Waals surface area contributed by atoms with E-state index in [2.05, 4.69) is 4.74 Å². The fourth-order valence-electron chi connectivity index (χ4n) is 0.797. The molecule has 0 heterocycles. The Hall–Kier alpha value is -0.680. The first kappa shape index (κ1) is 12.3. The fraction of sp³-hybridized carbons (Fsp3) is 0.750. The summed E-state index contributed by atoms with van der Waals surface area (Å²) >= 11 is 4.73. The number of hydrogen-bond donors (Lipinski definition) is 1. The van der Waals surface area contributed by atoms with Gasteiger partial charge in [-0.3, -0.25) is 4.79 Å². The van der Waals surface area contributed by atoms with Crippen LogP contribution in [-0.2, 0) is 9.53 Å². The van der Waals surface area contributed by atoms with Crippen molar-refractivity contribution in [2.75, 3.05) is 27.2 Å². The average Bonchev–Trinajstić information content (AvgIpc) is 2.10. The molecule has 0 aromatic heterocycles. The van der Waals surface area contributed by atoms with Crippen LogP contribution in [0.4, 0.5) is 0 Å². The van der Waals surface area contributed by atoms with E-state index in [0.29, 0.717) is 24.4 Å². The highest BCUT2D eigenvalue weighted by atomic mass is 32.1. The first-order valence-corrected chi connectivity index (χ1v) is 4.50. The minimum atomic E-state index is -0.192. The summed E-state index contributed by atoms with van der Waals surface area (Å²) in [4.78, 5) is 13.3. The number of hydrogen-bond acceptors (Lipinski definition) is 4. The summed E-state index contributed by atoms with van der Waals surface area (Å²) in [6, 6.07) is 0. The zero-order chi connectivity index (χ0) is 10.3. The first-order chi connectivity index (χ1) is 6.06. The van der Waals surface area contributed by atoms with E-state index in [1.165, 1.54) is 7.11 Å². The number of nitrogens with two attached hydrogens (primary N) is 1. The van der Waals surface area contributed by atoms with Crippen LogP contribution in [0.15, 0.2) is 0 Å². The Bertz CT molecular complexity index is 185. The molecular weight excluding hydrogens is 188 g/mol. The van der Waals surface area contributed by atoms with Crippen molar-refractivity contribution in [1.29, 1.82) is 0 Å². The van der Waals surface area contributed by atoms with Crippen molar-refractivity contribution in [2.45, 2.75) is 12.8 Å². The molecule has 0 radical (unpaired) electrons. The number of nitrogens with zero attached hydrogens (tertiary/aromatic N) is 1. The number of esters is 1. The summed E-state index contributed by atoms with van der Waals surface area (Å²) in [6.07, 6.45) is 1.09. The lowest BCUT2D eigenvalue weighted by Crippen LogP contribution is -2.26. The maximum Gasteiger partial charge on any atom is 0.306 e. The van der Waals surface area contributed by atoms with Crippen molar-refractivity contribution in [3.63, 3.8) is 0 Å². The molecule has 0 saturated heterocycles. The van der Waals surface area contributed by atoms with E-state index in [1.807, 2.05) is 11.9 Å². The molecule has 0 rings (SSSR count). The topological polar surface area (TPSA) is 55.6 Å². The highest BCUT2D eigenvalue weighted by molar-refractivity contribution is 7.80. The van der Waals surface area contributed by atoms with E-state index in [9.17, 15) is 4.79 Å². The summed E-state index contributed by atoms with van der Waals surface area (Å²) in [6.45, 7) is 1.46. The van der Waals surface area contributed by atoms with Gasteiger partial charge in [0.15, 0.2) is 0 Å². The van der Waals surface area contributed by atoms with Crippen LogP contribution in [0.1, 0.15) is 12.8 Å². The summed E-state index contributed by atoms with van der Waals surface area (Å²) < 4.78 is 4.51. The van der Waals surface area contributed by atoms with Gasteiger partial charge in [-0.15, -0.1) is 0 Å². The lowest BCUT2D eigenvalue weighted by atomic mass is 10.3. The summed E-state index contributed by atoms with van der Waals surface area (Å²) in [5.74, 6) is -0.192. The Morgan fingerprint density at radius 2 is 2.00 bits per heavy atom. The minimum absolute atomic E-state index is 0.192. The normalized spacial score (nSPS) is 10.1. The summed E-state index contributed by atoms with van der Waals surface area (Å²) in [5, 5.41) is 0. The Labute approximate surface area is 84.0 Å². The monoisotopic (exact) mass is 204 g/mol. The van der Waals surface area contributed by atoms with E-state index >= 15 is 0 Å². The van der Waals surface area contributed by atoms with Crippen LogP contribution < -0.4 is 5.73 Å².